The smallest absolute Gasteiger partial charge is 0.152 e. The minimum Gasteiger partial charge on any atom is -0.347 e. The van der Waals surface area contributed by atoms with Crippen LogP contribution >= 0.6 is 0 Å². The van der Waals surface area contributed by atoms with Gasteiger partial charge in [0.05, 0.1) is 6.54 Å². The van der Waals surface area contributed by atoms with Gasteiger partial charge >= 0.3 is 0 Å². The van der Waals surface area contributed by atoms with Gasteiger partial charge in [0.2, 0.25) is 0 Å². The van der Waals surface area contributed by atoms with Gasteiger partial charge in [0, 0.05) is 19.3 Å². The summed E-state index contributed by atoms with van der Waals surface area (Å²) in [7, 11) is 0. The summed E-state index contributed by atoms with van der Waals surface area (Å²) in [6.07, 6.45) is 3.64. The summed E-state index contributed by atoms with van der Waals surface area (Å²) in [5.41, 5.74) is 1.23. The fourth-order valence-corrected chi connectivity index (χ4v) is 1.96. The fraction of sp³-hybridized carbons (Fsp3) is 0.462. The number of nitrogens with zero attached hydrogens (tertiary/aromatic N) is 5. The highest BCUT2D eigenvalue weighted by molar-refractivity contribution is 5.41. The maximum atomic E-state index is 4.39. The van der Waals surface area contributed by atoms with Crippen LogP contribution in [0.4, 0.5) is 5.82 Å². The Kier molecular flexibility index (Phi) is 3.92. The van der Waals surface area contributed by atoms with Crippen LogP contribution in [0.5, 0.6) is 0 Å². The van der Waals surface area contributed by atoms with Gasteiger partial charge in [-0.25, -0.2) is 4.98 Å². The molecule has 0 aliphatic carbocycles. The molecule has 2 aromatic heterocycles. The number of hydrogen-bond donors (Lipinski definition) is 0. The molecular formula is C13H19N5. The first-order chi connectivity index (χ1) is 8.83. The van der Waals surface area contributed by atoms with Crippen molar-refractivity contribution in [1.29, 1.82) is 0 Å². The molecule has 3 heterocycles. The first-order valence-corrected chi connectivity index (χ1v) is 6.37. The molecule has 0 amide bonds. The van der Waals surface area contributed by atoms with E-state index < -0.39 is 0 Å². The molecule has 1 aliphatic rings. The van der Waals surface area contributed by atoms with Crippen LogP contribution in [0.15, 0.2) is 24.7 Å². The van der Waals surface area contributed by atoms with Crippen LogP contribution in [0.25, 0.3) is 0 Å². The lowest BCUT2D eigenvalue weighted by Crippen LogP contribution is -2.34. The summed E-state index contributed by atoms with van der Waals surface area (Å²) in [6.45, 7) is 8.76. The van der Waals surface area contributed by atoms with Crippen molar-refractivity contribution >= 4 is 5.82 Å². The molecule has 96 valence electrons. The molecule has 0 saturated heterocycles. The van der Waals surface area contributed by atoms with Crippen LogP contribution in [0.1, 0.15) is 25.2 Å². The van der Waals surface area contributed by atoms with E-state index in [1.165, 1.54) is 5.56 Å². The van der Waals surface area contributed by atoms with Gasteiger partial charge in [0.15, 0.2) is 5.82 Å². The highest BCUT2D eigenvalue weighted by atomic mass is 15.3. The Hall–Kier alpha value is -1.91. The third kappa shape index (κ3) is 2.50. The summed E-state index contributed by atoms with van der Waals surface area (Å²) in [4.78, 5) is 6.62. The van der Waals surface area contributed by atoms with E-state index >= 15 is 0 Å². The fourth-order valence-electron chi connectivity index (χ4n) is 1.96. The van der Waals surface area contributed by atoms with E-state index in [0.717, 1.165) is 31.3 Å². The minimum atomic E-state index is 0.788. The molecule has 0 saturated carbocycles. The van der Waals surface area contributed by atoms with Crippen LogP contribution in [-0.2, 0) is 13.1 Å². The first-order valence-electron chi connectivity index (χ1n) is 6.37. The summed E-state index contributed by atoms with van der Waals surface area (Å²) in [6, 6.07) is 4.11. The minimum absolute atomic E-state index is 0.788. The van der Waals surface area contributed by atoms with E-state index in [1.54, 1.807) is 6.33 Å². The second kappa shape index (κ2) is 5.62. The van der Waals surface area contributed by atoms with Gasteiger partial charge in [-0.1, -0.05) is 13.8 Å². The standard InChI is InChI=1S/C11H13N5.C2H6/c1-9-2-3-12-10(6-9)15-4-5-16-8-13-14-11(16)7-15;1-2/h2-3,6,8H,4-5,7H2,1H3;1-2H3. The van der Waals surface area contributed by atoms with E-state index in [2.05, 4.69) is 37.6 Å². The average molecular weight is 245 g/mol. The number of fused-ring (bicyclic) bond motifs is 1. The molecule has 5 nitrogen and oxygen atoms in total. The highest BCUT2D eigenvalue weighted by Crippen LogP contribution is 2.17. The van der Waals surface area contributed by atoms with Gasteiger partial charge in [-0.2, -0.15) is 0 Å². The third-order valence-electron chi connectivity index (χ3n) is 2.86. The van der Waals surface area contributed by atoms with E-state index in [-0.39, 0.29) is 0 Å². The maximum absolute atomic E-state index is 4.39. The van der Waals surface area contributed by atoms with Crippen LogP contribution in [0.3, 0.4) is 0 Å². The van der Waals surface area contributed by atoms with Gasteiger partial charge in [0.25, 0.3) is 0 Å². The van der Waals surface area contributed by atoms with Crippen molar-refractivity contribution in [2.75, 3.05) is 11.4 Å². The van der Waals surface area contributed by atoms with Crippen LogP contribution in [0, 0.1) is 6.92 Å². The normalized spacial score (nSPS) is 13.6. The van der Waals surface area contributed by atoms with Crippen LogP contribution in [0.2, 0.25) is 0 Å². The molecule has 1 aliphatic heterocycles. The molecule has 0 atom stereocenters. The van der Waals surface area contributed by atoms with Crippen LogP contribution < -0.4 is 4.90 Å². The zero-order valence-corrected chi connectivity index (χ0v) is 11.2. The molecule has 0 spiro atoms. The number of anilines is 1. The van der Waals surface area contributed by atoms with Crippen molar-refractivity contribution in [1.82, 2.24) is 19.7 Å². The molecule has 0 fully saturated rings. The highest BCUT2D eigenvalue weighted by Gasteiger charge is 2.18. The summed E-state index contributed by atoms with van der Waals surface area (Å²) in [5, 5.41) is 8.01. The monoisotopic (exact) mass is 245 g/mol. The summed E-state index contributed by atoms with van der Waals surface area (Å²) >= 11 is 0. The predicted molar refractivity (Wildman–Crippen MR) is 71.4 cm³/mol. The lowest BCUT2D eigenvalue weighted by atomic mass is 10.2. The Bertz CT molecular complexity index is 506. The van der Waals surface area contributed by atoms with E-state index in [9.17, 15) is 0 Å². The number of aromatic nitrogens is 4. The Labute approximate surface area is 107 Å². The molecule has 5 heteroatoms. The Morgan fingerprint density at radius 2 is 2.06 bits per heavy atom. The lowest BCUT2D eigenvalue weighted by molar-refractivity contribution is 0.556. The molecule has 0 bridgehead atoms. The Morgan fingerprint density at radius 3 is 2.83 bits per heavy atom. The van der Waals surface area contributed by atoms with Crippen molar-refractivity contribution in [2.45, 2.75) is 33.9 Å². The van der Waals surface area contributed by atoms with E-state index in [0.29, 0.717) is 0 Å². The largest absolute Gasteiger partial charge is 0.347 e. The quantitative estimate of drug-likeness (QED) is 0.771. The maximum Gasteiger partial charge on any atom is 0.152 e. The second-order valence-electron chi connectivity index (χ2n) is 4.05. The van der Waals surface area contributed by atoms with Crippen LogP contribution in [-0.4, -0.2) is 26.3 Å². The lowest BCUT2D eigenvalue weighted by Gasteiger charge is -2.28. The molecule has 0 radical (unpaired) electrons. The molecule has 0 N–H and O–H groups in total. The van der Waals surface area contributed by atoms with Gasteiger partial charge in [0.1, 0.15) is 12.1 Å². The topological polar surface area (TPSA) is 46.8 Å². The van der Waals surface area contributed by atoms with E-state index in [4.69, 9.17) is 0 Å². The first kappa shape index (κ1) is 12.5. The number of pyridine rings is 1. The average Bonchev–Trinajstić information content (AvgIpc) is 2.88. The van der Waals surface area contributed by atoms with Crippen molar-refractivity contribution in [2.24, 2.45) is 0 Å². The van der Waals surface area contributed by atoms with Gasteiger partial charge < -0.3 is 9.47 Å². The van der Waals surface area contributed by atoms with Crippen molar-refractivity contribution in [3.63, 3.8) is 0 Å². The molecule has 18 heavy (non-hydrogen) atoms. The number of aryl methyl sites for hydroxylation is 1. The molecule has 3 rings (SSSR count). The predicted octanol–water partition coefficient (Wildman–Crippen LogP) is 2.03. The molecular weight excluding hydrogens is 226 g/mol. The molecule has 0 aromatic carbocycles. The molecule has 0 unspecified atom stereocenters. The van der Waals surface area contributed by atoms with Crippen molar-refractivity contribution in [3.8, 4) is 0 Å². The van der Waals surface area contributed by atoms with Gasteiger partial charge in [-0.05, 0) is 24.6 Å². The second-order valence-corrected chi connectivity index (χ2v) is 4.05. The Balaban J connectivity index is 0.000000574. The SMILES string of the molecule is CC.Cc1ccnc(N2CCn3cnnc3C2)c1. The zero-order valence-electron chi connectivity index (χ0n) is 11.2. The van der Waals surface area contributed by atoms with Crippen molar-refractivity contribution < 1.29 is 0 Å². The zero-order chi connectivity index (χ0) is 13.0. The Morgan fingerprint density at radius 1 is 1.22 bits per heavy atom. The van der Waals surface area contributed by atoms with Crippen molar-refractivity contribution in [3.05, 3.63) is 36.0 Å². The summed E-state index contributed by atoms with van der Waals surface area (Å²) < 4.78 is 2.09. The molecule has 2 aromatic rings. The number of hydrogen-bond acceptors (Lipinski definition) is 4. The van der Waals surface area contributed by atoms with Gasteiger partial charge in [-0.15, -0.1) is 10.2 Å². The van der Waals surface area contributed by atoms with E-state index in [1.807, 2.05) is 26.1 Å². The number of rotatable bonds is 1. The summed E-state index contributed by atoms with van der Waals surface area (Å²) in [5.74, 6) is 2.03. The third-order valence-corrected chi connectivity index (χ3v) is 2.86. The van der Waals surface area contributed by atoms with Gasteiger partial charge in [-0.3, -0.25) is 0 Å².